The Morgan fingerprint density at radius 3 is 2.25 bits per heavy atom. The summed E-state index contributed by atoms with van der Waals surface area (Å²) in [6, 6.07) is 8.22. The van der Waals surface area contributed by atoms with Crippen LogP contribution in [0.25, 0.3) is 0 Å². The molecule has 28 heavy (non-hydrogen) atoms. The van der Waals surface area contributed by atoms with Gasteiger partial charge in [-0.15, -0.1) is 0 Å². The van der Waals surface area contributed by atoms with Crippen LogP contribution in [0.1, 0.15) is 45.8 Å². The Morgan fingerprint density at radius 1 is 1.07 bits per heavy atom. The first-order chi connectivity index (χ1) is 13.4. The summed E-state index contributed by atoms with van der Waals surface area (Å²) in [5.41, 5.74) is 1.00. The molecule has 0 amide bonds. The summed E-state index contributed by atoms with van der Waals surface area (Å²) in [4.78, 5) is 38.2. The Hall–Kier alpha value is -3.00. The van der Waals surface area contributed by atoms with Crippen LogP contribution >= 0.6 is 11.6 Å². The van der Waals surface area contributed by atoms with Gasteiger partial charge in [0.2, 0.25) is 5.15 Å². The number of rotatable bonds is 8. The van der Waals surface area contributed by atoms with Crippen LogP contribution in [0.15, 0.2) is 30.3 Å². The van der Waals surface area contributed by atoms with Crippen LogP contribution in [0.4, 0.5) is 5.69 Å². The normalized spacial score (nSPS) is 10.4. The number of carbonyl (C=O) groups excluding carboxylic acids is 2. The van der Waals surface area contributed by atoms with Crippen LogP contribution in [0.3, 0.4) is 0 Å². The Balaban J connectivity index is 2.19. The van der Waals surface area contributed by atoms with Crippen molar-refractivity contribution in [2.75, 3.05) is 13.2 Å². The van der Waals surface area contributed by atoms with E-state index in [2.05, 4.69) is 4.98 Å². The van der Waals surface area contributed by atoms with E-state index in [4.69, 9.17) is 21.1 Å². The lowest BCUT2D eigenvalue weighted by molar-refractivity contribution is -0.385. The monoisotopic (exact) mass is 406 g/mol. The zero-order valence-electron chi connectivity index (χ0n) is 15.4. The van der Waals surface area contributed by atoms with Gasteiger partial charge in [-0.1, -0.05) is 23.7 Å². The summed E-state index contributed by atoms with van der Waals surface area (Å²) in [7, 11) is 0. The van der Waals surface area contributed by atoms with E-state index in [9.17, 15) is 19.7 Å². The van der Waals surface area contributed by atoms with E-state index in [1.54, 1.807) is 38.1 Å². The molecule has 2 aromatic rings. The van der Waals surface area contributed by atoms with Crippen LogP contribution in [-0.4, -0.2) is 35.1 Å². The van der Waals surface area contributed by atoms with E-state index in [1.807, 2.05) is 0 Å². The fourth-order valence-corrected chi connectivity index (χ4v) is 2.80. The average Bonchev–Trinajstić information content (AvgIpc) is 2.66. The molecular weight excluding hydrogens is 388 g/mol. The van der Waals surface area contributed by atoms with Gasteiger partial charge in [0.15, 0.2) is 0 Å². The van der Waals surface area contributed by atoms with Crippen LogP contribution in [0.5, 0.6) is 0 Å². The van der Waals surface area contributed by atoms with Crippen molar-refractivity contribution in [3.05, 3.63) is 68.0 Å². The highest BCUT2D eigenvalue weighted by atomic mass is 35.5. The van der Waals surface area contributed by atoms with Gasteiger partial charge >= 0.3 is 17.6 Å². The molecule has 9 heteroatoms. The minimum absolute atomic E-state index is 0.0814. The standard InChI is InChI=1S/C19H19ClN2O6/c1-3-27-18(23)13-8-5-12(6-9-13)7-10-14-11-15(19(24)28-4-2)16(22(25)26)17(20)21-14/h5-6,8-9,11H,3-4,7,10H2,1-2H3. The Labute approximate surface area is 166 Å². The molecule has 1 heterocycles. The van der Waals surface area contributed by atoms with Gasteiger partial charge < -0.3 is 9.47 Å². The lowest BCUT2D eigenvalue weighted by atomic mass is 10.0. The van der Waals surface area contributed by atoms with Crippen molar-refractivity contribution in [2.45, 2.75) is 26.7 Å². The van der Waals surface area contributed by atoms with Crippen molar-refractivity contribution in [2.24, 2.45) is 0 Å². The number of aromatic nitrogens is 1. The number of hydrogen-bond donors (Lipinski definition) is 0. The van der Waals surface area contributed by atoms with E-state index in [0.29, 0.717) is 30.7 Å². The molecule has 0 saturated carbocycles. The molecule has 148 valence electrons. The van der Waals surface area contributed by atoms with Crippen molar-refractivity contribution in [3.8, 4) is 0 Å². The topological polar surface area (TPSA) is 109 Å². The highest BCUT2D eigenvalue weighted by molar-refractivity contribution is 6.32. The summed E-state index contributed by atoms with van der Waals surface area (Å²) < 4.78 is 9.81. The second-order valence-electron chi connectivity index (χ2n) is 5.70. The summed E-state index contributed by atoms with van der Waals surface area (Å²) >= 11 is 5.93. The van der Waals surface area contributed by atoms with Crippen molar-refractivity contribution in [1.82, 2.24) is 4.98 Å². The number of esters is 2. The zero-order valence-corrected chi connectivity index (χ0v) is 16.2. The quantitative estimate of drug-likeness (QED) is 0.284. The number of nitrogens with zero attached hydrogens (tertiary/aromatic N) is 2. The third-order valence-electron chi connectivity index (χ3n) is 3.82. The minimum Gasteiger partial charge on any atom is -0.462 e. The molecular formula is C19H19ClN2O6. The zero-order chi connectivity index (χ0) is 20.7. The number of carbonyl (C=O) groups is 2. The van der Waals surface area contributed by atoms with E-state index >= 15 is 0 Å². The van der Waals surface area contributed by atoms with Gasteiger partial charge in [0, 0.05) is 5.69 Å². The smallest absolute Gasteiger partial charge is 0.345 e. The second-order valence-corrected chi connectivity index (χ2v) is 6.05. The number of ether oxygens (including phenoxy) is 2. The number of aryl methyl sites for hydroxylation is 2. The number of hydrogen-bond acceptors (Lipinski definition) is 7. The van der Waals surface area contributed by atoms with Gasteiger partial charge in [0.05, 0.1) is 23.7 Å². The molecule has 0 bridgehead atoms. The first kappa shape index (κ1) is 21.3. The van der Waals surface area contributed by atoms with Crippen molar-refractivity contribution in [1.29, 1.82) is 0 Å². The number of pyridine rings is 1. The van der Waals surface area contributed by atoms with Gasteiger partial charge in [-0.2, -0.15) is 0 Å². The SMILES string of the molecule is CCOC(=O)c1ccc(CCc2cc(C(=O)OCC)c([N+](=O)[O-])c(Cl)n2)cc1. The molecule has 0 unspecified atom stereocenters. The molecule has 0 atom stereocenters. The fraction of sp³-hybridized carbons (Fsp3) is 0.316. The highest BCUT2D eigenvalue weighted by Gasteiger charge is 2.27. The Kier molecular flexibility index (Phi) is 7.45. The lowest BCUT2D eigenvalue weighted by Gasteiger charge is -2.08. The predicted octanol–water partition coefficient (Wildman–Crippen LogP) is 3.78. The summed E-state index contributed by atoms with van der Waals surface area (Å²) in [6.45, 7) is 3.72. The van der Waals surface area contributed by atoms with E-state index < -0.39 is 22.5 Å². The third kappa shape index (κ3) is 5.26. The van der Waals surface area contributed by atoms with Gasteiger partial charge in [-0.3, -0.25) is 10.1 Å². The molecule has 0 saturated heterocycles. The van der Waals surface area contributed by atoms with E-state index in [0.717, 1.165) is 5.56 Å². The summed E-state index contributed by atoms with van der Waals surface area (Å²) in [5, 5.41) is 10.9. The molecule has 0 fully saturated rings. The molecule has 1 aromatic carbocycles. The second kappa shape index (κ2) is 9.80. The minimum atomic E-state index is -0.821. The molecule has 1 aromatic heterocycles. The van der Waals surface area contributed by atoms with Crippen molar-refractivity contribution >= 4 is 29.2 Å². The molecule has 0 aliphatic heterocycles. The molecule has 0 radical (unpaired) electrons. The van der Waals surface area contributed by atoms with E-state index in [-0.39, 0.29) is 17.3 Å². The fourth-order valence-electron chi connectivity index (χ4n) is 2.52. The molecule has 0 N–H and O–H groups in total. The number of nitro groups is 1. The maximum atomic E-state index is 12.0. The van der Waals surface area contributed by atoms with E-state index in [1.165, 1.54) is 6.07 Å². The summed E-state index contributed by atoms with van der Waals surface area (Å²) in [6.07, 6.45) is 0.926. The van der Waals surface area contributed by atoms with Gasteiger partial charge in [-0.25, -0.2) is 14.6 Å². The molecule has 8 nitrogen and oxygen atoms in total. The molecule has 0 aliphatic carbocycles. The predicted molar refractivity (Wildman–Crippen MR) is 102 cm³/mol. The third-order valence-corrected chi connectivity index (χ3v) is 4.08. The van der Waals surface area contributed by atoms with Crippen molar-refractivity contribution in [3.63, 3.8) is 0 Å². The van der Waals surface area contributed by atoms with Gasteiger partial charge in [-0.05, 0) is 50.5 Å². The maximum Gasteiger partial charge on any atom is 0.345 e. The largest absolute Gasteiger partial charge is 0.462 e. The van der Waals surface area contributed by atoms with Gasteiger partial charge in [0.1, 0.15) is 5.56 Å². The first-order valence-electron chi connectivity index (χ1n) is 8.64. The first-order valence-corrected chi connectivity index (χ1v) is 9.02. The van der Waals surface area contributed by atoms with Crippen LogP contribution in [-0.2, 0) is 22.3 Å². The maximum absolute atomic E-state index is 12.0. The Bertz CT molecular complexity index is 883. The molecule has 2 rings (SSSR count). The lowest BCUT2D eigenvalue weighted by Crippen LogP contribution is -2.11. The molecule has 0 spiro atoms. The van der Waals surface area contributed by atoms with Crippen molar-refractivity contribution < 1.29 is 24.0 Å². The highest BCUT2D eigenvalue weighted by Crippen LogP contribution is 2.28. The average molecular weight is 407 g/mol. The van der Waals surface area contributed by atoms with Crippen LogP contribution < -0.4 is 0 Å². The van der Waals surface area contributed by atoms with Crippen LogP contribution in [0.2, 0.25) is 5.15 Å². The van der Waals surface area contributed by atoms with Crippen LogP contribution in [0, 0.1) is 10.1 Å². The number of benzene rings is 1. The number of halogens is 1. The van der Waals surface area contributed by atoms with Gasteiger partial charge in [0.25, 0.3) is 0 Å². The molecule has 0 aliphatic rings. The summed E-state index contributed by atoms with van der Waals surface area (Å²) in [5.74, 6) is -1.21. The Morgan fingerprint density at radius 2 is 1.68 bits per heavy atom.